The fourth-order valence-corrected chi connectivity index (χ4v) is 5.63. The van der Waals surface area contributed by atoms with Crippen LogP contribution in [0.5, 0.6) is 0 Å². The number of hydrogen-bond acceptors (Lipinski definition) is 4. The third-order valence-corrected chi connectivity index (χ3v) is 7.66. The van der Waals surface area contributed by atoms with Gasteiger partial charge in [0.25, 0.3) is 5.91 Å². The Bertz CT molecular complexity index is 1230. The lowest BCUT2D eigenvalue weighted by Gasteiger charge is -2.32. The number of piperidine rings is 1. The molecule has 2 aromatic heterocycles. The number of amides is 1. The lowest BCUT2D eigenvalue weighted by Crippen LogP contribution is -2.38. The Labute approximate surface area is 199 Å². The molecule has 0 aliphatic carbocycles. The lowest BCUT2D eigenvalue weighted by molar-refractivity contribution is 0.0939. The molecule has 1 aliphatic heterocycles. The van der Waals surface area contributed by atoms with Crippen molar-refractivity contribution in [2.75, 3.05) is 19.6 Å². The summed E-state index contributed by atoms with van der Waals surface area (Å²) < 4.78 is 1.94. The summed E-state index contributed by atoms with van der Waals surface area (Å²) in [5, 5.41) is 8.92. The van der Waals surface area contributed by atoms with E-state index in [9.17, 15) is 4.79 Å². The maximum absolute atomic E-state index is 12.9. The SMILES string of the molecule is Cc1ccc(CN2CCC(CNC(=O)c3cc4c(C)nn(-c5ccccc5)c4s3)CC2)cc1. The van der Waals surface area contributed by atoms with Crippen LogP contribution in [0.15, 0.2) is 60.7 Å². The fraction of sp³-hybridized carbons (Fsp3) is 0.333. The molecule has 5 nitrogen and oxygen atoms in total. The van der Waals surface area contributed by atoms with Crippen molar-refractivity contribution in [1.82, 2.24) is 20.0 Å². The van der Waals surface area contributed by atoms with Gasteiger partial charge in [-0.05, 0) is 69.5 Å². The Hall–Kier alpha value is -2.96. The number of benzene rings is 2. The molecule has 1 N–H and O–H groups in total. The van der Waals surface area contributed by atoms with Gasteiger partial charge in [-0.1, -0.05) is 48.0 Å². The molecule has 0 saturated carbocycles. The summed E-state index contributed by atoms with van der Waals surface area (Å²) >= 11 is 1.52. The second-order valence-electron chi connectivity index (χ2n) is 9.08. The number of thiophene rings is 1. The van der Waals surface area contributed by atoms with E-state index in [2.05, 4.69) is 46.5 Å². The van der Waals surface area contributed by atoms with Crippen molar-refractivity contribution in [3.05, 3.63) is 82.4 Å². The van der Waals surface area contributed by atoms with Crippen LogP contribution in [0.2, 0.25) is 0 Å². The molecule has 170 valence electrons. The van der Waals surface area contributed by atoms with Crippen molar-refractivity contribution in [2.45, 2.75) is 33.2 Å². The van der Waals surface area contributed by atoms with Gasteiger partial charge in [-0.3, -0.25) is 9.69 Å². The van der Waals surface area contributed by atoms with Gasteiger partial charge in [-0.25, -0.2) is 4.68 Å². The molecule has 1 saturated heterocycles. The van der Waals surface area contributed by atoms with Crippen LogP contribution in [0.3, 0.4) is 0 Å². The first kappa shape index (κ1) is 21.9. The number of likely N-dealkylation sites (tertiary alicyclic amines) is 1. The summed E-state index contributed by atoms with van der Waals surface area (Å²) in [5.74, 6) is 0.566. The maximum Gasteiger partial charge on any atom is 0.261 e. The third-order valence-electron chi connectivity index (χ3n) is 6.55. The number of fused-ring (bicyclic) bond motifs is 1. The number of aromatic nitrogens is 2. The molecule has 1 fully saturated rings. The average molecular weight is 459 g/mol. The Morgan fingerprint density at radius 3 is 2.52 bits per heavy atom. The van der Waals surface area contributed by atoms with Gasteiger partial charge in [0.05, 0.1) is 16.3 Å². The summed E-state index contributed by atoms with van der Waals surface area (Å²) in [6.45, 7) is 8.06. The van der Waals surface area contributed by atoms with E-state index in [0.717, 1.165) is 65.5 Å². The summed E-state index contributed by atoms with van der Waals surface area (Å²) in [6.07, 6.45) is 2.25. The molecule has 0 spiro atoms. The Morgan fingerprint density at radius 2 is 1.79 bits per heavy atom. The first-order valence-electron chi connectivity index (χ1n) is 11.7. The van der Waals surface area contributed by atoms with E-state index < -0.39 is 0 Å². The van der Waals surface area contributed by atoms with Crippen LogP contribution < -0.4 is 5.32 Å². The van der Waals surface area contributed by atoms with Gasteiger partial charge in [0.15, 0.2) is 0 Å². The normalized spacial score (nSPS) is 15.2. The lowest BCUT2D eigenvalue weighted by atomic mass is 9.96. The molecule has 33 heavy (non-hydrogen) atoms. The zero-order valence-electron chi connectivity index (χ0n) is 19.3. The first-order valence-corrected chi connectivity index (χ1v) is 12.5. The van der Waals surface area contributed by atoms with Crippen LogP contribution in [-0.4, -0.2) is 40.2 Å². The molecular formula is C27H30N4OS. The summed E-state index contributed by atoms with van der Waals surface area (Å²) in [5.41, 5.74) is 4.65. The van der Waals surface area contributed by atoms with Crippen LogP contribution in [0, 0.1) is 19.8 Å². The molecule has 0 unspecified atom stereocenters. The van der Waals surface area contributed by atoms with Crippen LogP contribution in [0.25, 0.3) is 15.9 Å². The Morgan fingerprint density at radius 1 is 1.06 bits per heavy atom. The van der Waals surface area contributed by atoms with E-state index in [1.807, 2.05) is 48.0 Å². The predicted octanol–water partition coefficient (Wildman–Crippen LogP) is 5.35. The highest BCUT2D eigenvalue weighted by molar-refractivity contribution is 7.20. The second kappa shape index (κ2) is 9.49. The van der Waals surface area contributed by atoms with Crippen LogP contribution in [-0.2, 0) is 6.54 Å². The highest BCUT2D eigenvalue weighted by Crippen LogP contribution is 2.30. The van der Waals surface area contributed by atoms with E-state index in [1.54, 1.807) is 0 Å². The van der Waals surface area contributed by atoms with Crippen molar-refractivity contribution in [1.29, 1.82) is 0 Å². The molecule has 0 atom stereocenters. The third kappa shape index (κ3) is 4.87. The molecular weight excluding hydrogens is 428 g/mol. The fourth-order valence-electron chi connectivity index (χ4n) is 4.53. The average Bonchev–Trinajstić information content (AvgIpc) is 3.41. The molecule has 0 radical (unpaired) electrons. The van der Waals surface area contributed by atoms with Gasteiger partial charge in [-0.2, -0.15) is 5.10 Å². The van der Waals surface area contributed by atoms with Crippen molar-refractivity contribution in [3.63, 3.8) is 0 Å². The number of carbonyl (C=O) groups excluding carboxylic acids is 1. The highest BCUT2D eigenvalue weighted by atomic mass is 32.1. The number of carbonyl (C=O) groups is 1. The van der Waals surface area contributed by atoms with Gasteiger partial charge in [-0.15, -0.1) is 11.3 Å². The molecule has 4 aromatic rings. The van der Waals surface area contributed by atoms with Crippen LogP contribution >= 0.6 is 11.3 Å². The van der Waals surface area contributed by atoms with Gasteiger partial charge in [0.1, 0.15) is 4.83 Å². The molecule has 1 amide bonds. The van der Waals surface area contributed by atoms with E-state index in [0.29, 0.717) is 5.92 Å². The summed E-state index contributed by atoms with van der Waals surface area (Å²) in [6, 6.07) is 20.9. The predicted molar refractivity (Wildman–Crippen MR) is 135 cm³/mol. The summed E-state index contributed by atoms with van der Waals surface area (Å²) in [4.78, 5) is 17.2. The molecule has 2 aromatic carbocycles. The second-order valence-corrected chi connectivity index (χ2v) is 10.1. The molecule has 0 bridgehead atoms. The van der Waals surface area contributed by atoms with Crippen LogP contribution in [0.4, 0.5) is 0 Å². The monoisotopic (exact) mass is 458 g/mol. The maximum atomic E-state index is 12.9. The van der Waals surface area contributed by atoms with Gasteiger partial charge >= 0.3 is 0 Å². The Kier molecular flexibility index (Phi) is 6.29. The van der Waals surface area contributed by atoms with E-state index in [4.69, 9.17) is 0 Å². The highest BCUT2D eigenvalue weighted by Gasteiger charge is 2.21. The van der Waals surface area contributed by atoms with E-state index >= 15 is 0 Å². The molecule has 3 heterocycles. The first-order chi connectivity index (χ1) is 16.1. The quantitative estimate of drug-likeness (QED) is 0.424. The molecule has 1 aliphatic rings. The number of rotatable bonds is 6. The van der Waals surface area contributed by atoms with Crippen molar-refractivity contribution in [2.24, 2.45) is 5.92 Å². The zero-order chi connectivity index (χ0) is 22.8. The van der Waals surface area contributed by atoms with Crippen LogP contribution in [0.1, 0.15) is 39.3 Å². The zero-order valence-corrected chi connectivity index (χ0v) is 20.1. The summed E-state index contributed by atoms with van der Waals surface area (Å²) in [7, 11) is 0. The minimum Gasteiger partial charge on any atom is -0.351 e. The van der Waals surface area contributed by atoms with Crippen molar-refractivity contribution in [3.8, 4) is 5.69 Å². The van der Waals surface area contributed by atoms with Crippen molar-refractivity contribution < 1.29 is 4.79 Å². The number of hydrogen-bond donors (Lipinski definition) is 1. The van der Waals surface area contributed by atoms with Gasteiger partial charge in [0, 0.05) is 18.5 Å². The topological polar surface area (TPSA) is 50.2 Å². The molecule has 6 heteroatoms. The standard InChI is InChI=1S/C27H30N4OS/c1-19-8-10-22(11-9-19)18-30-14-12-21(13-15-30)17-28-26(32)25-16-24-20(2)29-31(27(24)33-25)23-6-4-3-5-7-23/h3-11,16,21H,12-15,17-18H2,1-2H3,(H,28,32). The molecule has 5 rings (SSSR count). The number of nitrogens with one attached hydrogen (secondary N) is 1. The van der Waals surface area contributed by atoms with E-state index in [-0.39, 0.29) is 5.91 Å². The minimum absolute atomic E-state index is 0.0253. The minimum atomic E-state index is 0.0253. The Balaban J connectivity index is 1.17. The van der Waals surface area contributed by atoms with Gasteiger partial charge in [0.2, 0.25) is 0 Å². The number of para-hydroxylation sites is 1. The van der Waals surface area contributed by atoms with E-state index in [1.165, 1.54) is 22.5 Å². The smallest absolute Gasteiger partial charge is 0.261 e. The van der Waals surface area contributed by atoms with Gasteiger partial charge < -0.3 is 5.32 Å². The largest absolute Gasteiger partial charge is 0.351 e. The van der Waals surface area contributed by atoms with Crippen molar-refractivity contribution >= 4 is 27.5 Å². The number of aryl methyl sites for hydroxylation is 2. The number of nitrogens with zero attached hydrogens (tertiary/aromatic N) is 3.